The highest BCUT2D eigenvalue weighted by molar-refractivity contribution is 7.13. The molecule has 0 aliphatic carbocycles. The van der Waals surface area contributed by atoms with Crippen LogP contribution in [-0.4, -0.2) is 45.5 Å². The molecule has 35 heavy (non-hydrogen) atoms. The van der Waals surface area contributed by atoms with Crippen LogP contribution >= 0.6 is 11.3 Å². The van der Waals surface area contributed by atoms with Crippen molar-refractivity contribution >= 4 is 23.1 Å². The molecule has 0 bridgehead atoms. The molecule has 8 nitrogen and oxygen atoms in total. The molecule has 0 radical (unpaired) electrons. The molecule has 5 rings (SSSR count). The second-order valence-corrected chi connectivity index (χ2v) is 9.42. The van der Waals surface area contributed by atoms with Crippen molar-refractivity contribution in [2.75, 3.05) is 24.5 Å². The number of carbonyl (C=O) groups is 1. The standard InChI is InChI=1S/C26H26N6O2S/c33-25-13-11-22(23-9-5-17-35-23)30-32(25)16-14-27-26(34)20-8-4-15-31(18-20)24-12-10-21(28-29-24)19-6-2-1-3-7-19/h1-3,5-7,9-13,17,20H,4,8,14-16,18H2,(H,27,34). The zero-order chi connectivity index (χ0) is 24.0. The zero-order valence-electron chi connectivity index (χ0n) is 19.2. The van der Waals surface area contributed by atoms with Gasteiger partial charge in [0.2, 0.25) is 5.91 Å². The van der Waals surface area contributed by atoms with Gasteiger partial charge in [0.15, 0.2) is 5.82 Å². The Balaban J connectivity index is 1.17. The SMILES string of the molecule is O=C(NCCn1nc(-c2cccs2)ccc1=O)C1CCCN(c2ccc(-c3ccccc3)nn2)C1. The summed E-state index contributed by atoms with van der Waals surface area (Å²) in [5.41, 5.74) is 2.43. The Morgan fingerprint density at radius 2 is 1.86 bits per heavy atom. The number of thiophene rings is 1. The zero-order valence-corrected chi connectivity index (χ0v) is 20.0. The van der Waals surface area contributed by atoms with Crippen molar-refractivity contribution in [3.05, 3.63) is 82.5 Å². The maximum absolute atomic E-state index is 12.9. The summed E-state index contributed by atoms with van der Waals surface area (Å²) in [6.45, 7) is 2.11. The molecule has 1 atom stereocenters. The second kappa shape index (κ2) is 10.6. The van der Waals surface area contributed by atoms with Crippen LogP contribution in [0.2, 0.25) is 0 Å². The topological polar surface area (TPSA) is 93.0 Å². The smallest absolute Gasteiger partial charge is 0.266 e. The maximum Gasteiger partial charge on any atom is 0.266 e. The third-order valence-corrected chi connectivity index (χ3v) is 6.99. The molecule has 4 aromatic rings. The van der Waals surface area contributed by atoms with E-state index < -0.39 is 0 Å². The van der Waals surface area contributed by atoms with Gasteiger partial charge in [0.1, 0.15) is 5.69 Å². The van der Waals surface area contributed by atoms with Crippen LogP contribution in [0.3, 0.4) is 0 Å². The summed E-state index contributed by atoms with van der Waals surface area (Å²) < 4.78 is 1.41. The minimum atomic E-state index is -0.180. The third-order valence-electron chi connectivity index (χ3n) is 6.10. The van der Waals surface area contributed by atoms with Gasteiger partial charge >= 0.3 is 0 Å². The number of anilines is 1. The van der Waals surface area contributed by atoms with Crippen LogP contribution in [0.4, 0.5) is 5.82 Å². The molecular weight excluding hydrogens is 460 g/mol. The van der Waals surface area contributed by atoms with Gasteiger partial charge in [-0.25, -0.2) is 4.68 Å². The van der Waals surface area contributed by atoms with E-state index in [1.807, 2.05) is 60.0 Å². The van der Waals surface area contributed by atoms with Crippen molar-refractivity contribution in [2.45, 2.75) is 19.4 Å². The van der Waals surface area contributed by atoms with E-state index in [2.05, 4.69) is 25.5 Å². The highest BCUT2D eigenvalue weighted by atomic mass is 32.1. The van der Waals surface area contributed by atoms with Gasteiger partial charge < -0.3 is 10.2 Å². The van der Waals surface area contributed by atoms with Gasteiger partial charge in [0.05, 0.1) is 23.0 Å². The minimum Gasteiger partial charge on any atom is -0.354 e. The van der Waals surface area contributed by atoms with Gasteiger partial charge in [-0.15, -0.1) is 21.5 Å². The summed E-state index contributed by atoms with van der Waals surface area (Å²) in [6, 6.07) is 21.1. The van der Waals surface area contributed by atoms with Crippen molar-refractivity contribution in [3.63, 3.8) is 0 Å². The number of nitrogens with one attached hydrogen (secondary N) is 1. The molecule has 1 amide bonds. The van der Waals surface area contributed by atoms with E-state index >= 15 is 0 Å². The molecule has 1 aliphatic rings. The van der Waals surface area contributed by atoms with Crippen LogP contribution in [0.1, 0.15) is 12.8 Å². The molecule has 0 saturated carbocycles. The van der Waals surface area contributed by atoms with Crippen LogP contribution < -0.4 is 15.8 Å². The fourth-order valence-electron chi connectivity index (χ4n) is 4.25. The molecule has 1 aromatic carbocycles. The number of aromatic nitrogens is 4. The van der Waals surface area contributed by atoms with Gasteiger partial charge in [-0.1, -0.05) is 36.4 Å². The van der Waals surface area contributed by atoms with Crippen molar-refractivity contribution < 1.29 is 4.79 Å². The lowest BCUT2D eigenvalue weighted by molar-refractivity contribution is -0.125. The quantitative estimate of drug-likeness (QED) is 0.430. The van der Waals surface area contributed by atoms with E-state index in [0.717, 1.165) is 47.0 Å². The number of hydrogen-bond donors (Lipinski definition) is 1. The number of rotatable bonds is 7. The maximum atomic E-state index is 12.9. The first kappa shape index (κ1) is 22.9. The largest absolute Gasteiger partial charge is 0.354 e. The third kappa shape index (κ3) is 5.46. The summed E-state index contributed by atoms with van der Waals surface area (Å²) in [6.07, 6.45) is 1.73. The number of piperidine rings is 1. The van der Waals surface area contributed by atoms with Crippen molar-refractivity contribution in [1.82, 2.24) is 25.3 Å². The highest BCUT2D eigenvalue weighted by Gasteiger charge is 2.26. The first-order valence-corrected chi connectivity index (χ1v) is 12.6. The van der Waals surface area contributed by atoms with Gasteiger partial charge in [0, 0.05) is 31.3 Å². The molecule has 178 valence electrons. The first-order valence-electron chi connectivity index (χ1n) is 11.7. The number of amides is 1. The number of carbonyl (C=O) groups excluding carboxylic acids is 1. The van der Waals surface area contributed by atoms with Crippen molar-refractivity contribution in [3.8, 4) is 21.8 Å². The Kier molecular flexibility index (Phi) is 6.94. The van der Waals surface area contributed by atoms with Gasteiger partial charge in [-0.05, 0) is 42.5 Å². The van der Waals surface area contributed by atoms with E-state index in [1.165, 1.54) is 10.7 Å². The lowest BCUT2D eigenvalue weighted by Gasteiger charge is -2.32. The summed E-state index contributed by atoms with van der Waals surface area (Å²) in [5, 5.41) is 18.2. The normalized spacial score (nSPS) is 15.7. The summed E-state index contributed by atoms with van der Waals surface area (Å²) in [7, 11) is 0. The Hall–Kier alpha value is -3.85. The Bertz CT molecular complexity index is 1320. The van der Waals surface area contributed by atoms with E-state index in [1.54, 1.807) is 17.4 Å². The van der Waals surface area contributed by atoms with Crippen molar-refractivity contribution in [1.29, 1.82) is 0 Å². The molecular formula is C26H26N6O2S. The van der Waals surface area contributed by atoms with E-state index in [0.29, 0.717) is 19.6 Å². The molecule has 4 heterocycles. The van der Waals surface area contributed by atoms with Gasteiger partial charge in [0.25, 0.3) is 5.56 Å². The average molecular weight is 487 g/mol. The first-order chi connectivity index (χ1) is 17.2. The molecule has 1 unspecified atom stereocenters. The predicted molar refractivity (Wildman–Crippen MR) is 137 cm³/mol. The van der Waals surface area contributed by atoms with Crippen LogP contribution in [0, 0.1) is 5.92 Å². The lowest BCUT2D eigenvalue weighted by Crippen LogP contribution is -2.44. The molecule has 1 fully saturated rings. The molecule has 1 saturated heterocycles. The van der Waals surface area contributed by atoms with E-state index in [-0.39, 0.29) is 17.4 Å². The fourth-order valence-corrected chi connectivity index (χ4v) is 4.94. The summed E-state index contributed by atoms with van der Waals surface area (Å²) >= 11 is 1.57. The molecule has 0 spiro atoms. The number of hydrogen-bond acceptors (Lipinski definition) is 7. The second-order valence-electron chi connectivity index (χ2n) is 8.48. The molecule has 1 aliphatic heterocycles. The lowest BCUT2D eigenvalue weighted by atomic mass is 9.97. The van der Waals surface area contributed by atoms with E-state index in [4.69, 9.17) is 0 Å². The average Bonchev–Trinajstić information content (AvgIpc) is 3.46. The summed E-state index contributed by atoms with van der Waals surface area (Å²) in [5.74, 6) is 0.635. The van der Waals surface area contributed by atoms with Crippen LogP contribution in [0.25, 0.3) is 21.8 Å². The minimum absolute atomic E-state index is 0.00831. The highest BCUT2D eigenvalue weighted by Crippen LogP contribution is 2.24. The number of benzene rings is 1. The molecule has 1 N–H and O–H groups in total. The van der Waals surface area contributed by atoms with Crippen molar-refractivity contribution in [2.24, 2.45) is 5.92 Å². The van der Waals surface area contributed by atoms with Crippen LogP contribution in [0.5, 0.6) is 0 Å². The van der Waals surface area contributed by atoms with E-state index in [9.17, 15) is 9.59 Å². The predicted octanol–water partition coefficient (Wildman–Crippen LogP) is 3.46. The Morgan fingerprint density at radius 3 is 2.63 bits per heavy atom. The molecule has 9 heteroatoms. The van der Waals surface area contributed by atoms with Gasteiger partial charge in [-0.2, -0.15) is 5.10 Å². The van der Waals surface area contributed by atoms with Crippen LogP contribution in [0.15, 0.2) is 76.9 Å². The van der Waals surface area contributed by atoms with Gasteiger partial charge in [-0.3, -0.25) is 9.59 Å². The summed E-state index contributed by atoms with van der Waals surface area (Å²) in [4.78, 5) is 28.2. The fraction of sp³-hybridized carbons (Fsp3) is 0.269. The Labute approximate surface area is 207 Å². The van der Waals surface area contributed by atoms with Crippen LogP contribution in [-0.2, 0) is 11.3 Å². The monoisotopic (exact) mass is 486 g/mol. The molecule has 3 aromatic heterocycles. The Morgan fingerprint density at radius 1 is 1.00 bits per heavy atom. The number of nitrogens with zero attached hydrogens (tertiary/aromatic N) is 5.